The molecule has 2 heterocycles. The van der Waals surface area contributed by atoms with E-state index in [0.717, 1.165) is 11.2 Å². The summed E-state index contributed by atoms with van der Waals surface area (Å²) < 4.78 is 2.22. The number of nitrogens with one attached hydrogen (secondary N) is 1. The molecule has 0 aliphatic rings. The highest BCUT2D eigenvalue weighted by molar-refractivity contribution is 7.71. The SMILES string of the molecule is Cc1ccc2[nH]c(=S)n(-c3cc(Cl)ccc3C#N)c2n1. The molecule has 0 saturated carbocycles. The van der Waals surface area contributed by atoms with E-state index in [9.17, 15) is 5.26 Å². The molecule has 0 spiro atoms. The predicted octanol–water partition coefficient (Wildman–Crippen LogP) is 3.92. The van der Waals surface area contributed by atoms with Crippen molar-refractivity contribution in [2.24, 2.45) is 0 Å². The van der Waals surface area contributed by atoms with Crippen molar-refractivity contribution in [3.8, 4) is 11.8 Å². The molecule has 98 valence electrons. The van der Waals surface area contributed by atoms with E-state index >= 15 is 0 Å². The maximum atomic E-state index is 9.25. The van der Waals surface area contributed by atoms with Crippen LogP contribution in [0.3, 0.4) is 0 Å². The Bertz CT molecular complexity index is 917. The third-order valence-electron chi connectivity index (χ3n) is 2.99. The lowest BCUT2D eigenvalue weighted by Gasteiger charge is -2.07. The molecule has 0 aliphatic heterocycles. The Kier molecular flexibility index (Phi) is 3.05. The van der Waals surface area contributed by atoms with Crippen LogP contribution in [0.15, 0.2) is 30.3 Å². The average molecular weight is 301 g/mol. The van der Waals surface area contributed by atoms with Gasteiger partial charge in [0.15, 0.2) is 10.4 Å². The number of benzene rings is 1. The van der Waals surface area contributed by atoms with Crippen molar-refractivity contribution >= 4 is 35.0 Å². The van der Waals surface area contributed by atoms with E-state index in [0.29, 0.717) is 26.7 Å². The smallest absolute Gasteiger partial charge is 0.184 e. The fraction of sp³-hybridized carbons (Fsp3) is 0.0714. The second-order valence-electron chi connectivity index (χ2n) is 4.36. The maximum Gasteiger partial charge on any atom is 0.184 e. The summed E-state index contributed by atoms with van der Waals surface area (Å²) in [5.41, 5.74) is 3.52. The zero-order valence-electron chi connectivity index (χ0n) is 10.5. The first-order valence-corrected chi connectivity index (χ1v) is 6.67. The number of aromatic amines is 1. The number of rotatable bonds is 1. The Morgan fingerprint density at radius 1 is 1.35 bits per heavy atom. The number of hydrogen-bond donors (Lipinski definition) is 1. The summed E-state index contributed by atoms with van der Waals surface area (Å²) in [4.78, 5) is 7.58. The third kappa shape index (κ3) is 1.99. The van der Waals surface area contributed by atoms with Gasteiger partial charge < -0.3 is 4.98 Å². The lowest BCUT2D eigenvalue weighted by molar-refractivity contribution is 1.03. The van der Waals surface area contributed by atoms with Crippen LogP contribution in [0.4, 0.5) is 0 Å². The van der Waals surface area contributed by atoms with Gasteiger partial charge in [-0.2, -0.15) is 5.26 Å². The monoisotopic (exact) mass is 300 g/mol. The molecule has 20 heavy (non-hydrogen) atoms. The molecule has 0 radical (unpaired) electrons. The van der Waals surface area contributed by atoms with Crippen molar-refractivity contribution in [2.45, 2.75) is 6.92 Å². The molecule has 1 aromatic carbocycles. The fourth-order valence-corrected chi connectivity index (χ4v) is 2.55. The molecule has 3 aromatic rings. The molecular formula is C14H9ClN4S. The van der Waals surface area contributed by atoms with Gasteiger partial charge in [0.25, 0.3) is 0 Å². The minimum Gasteiger partial charge on any atom is -0.329 e. The number of aryl methyl sites for hydroxylation is 1. The van der Waals surface area contributed by atoms with Gasteiger partial charge in [0.2, 0.25) is 0 Å². The van der Waals surface area contributed by atoms with Gasteiger partial charge in [-0.25, -0.2) is 4.98 Å². The van der Waals surface area contributed by atoms with Crippen LogP contribution in [0.1, 0.15) is 11.3 Å². The summed E-state index contributed by atoms with van der Waals surface area (Å²) in [6, 6.07) is 11.0. The number of imidazole rings is 1. The lowest BCUT2D eigenvalue weighted by Crippen LogP contribution is -1.99. The van der Waals surface area contributed by atoms with E-state index in [1.54, 1.807) is 22.8 Å². The van der Waals surface area contributed by atoms with Crippen LogP contribution >= 0.6 is 23.8 Å². The first-order chi connectivity index (χ1) is 9.60. The molecule has 0 fully saturated rings. The minimum atomic E-state index is 0.483. The number of halogens is 1. The summed E-state index contributed by atoms with van der Waals surface area (Å²) in [7, 11) is 0. The van der Waals surface area contributed by atoms with Gasteiger partial charge in [0.1, 0.15) is 6.07 Å². The van der Waals surface area contributed by atoms with Crippen molar-refractivity contribution in [1.29, 1.82) is 5.26 Å². The Balaban J connectivity index is 2.44. The molecule has 6 heteroatoms. The third-order valence-corrected chi connectivity index (χ3v) is 3.51. The molecule has 0 aliphatic carbocycles. The summed E-state index contributed by atoms with van der Waals surface area (Å²) in [6.45, 7) is 1.91. The summed E-state index contributed by atoms with van der Waals surface area (Å²) in [5.74, 6) is 0. The van der Waals surface area contributed by atoms with E-state index in [2.05, 4.69) is 16.0 Å². The van der Waals surface area contributed by atoms with Gasteiger partial charge in [-0.3, -0.25) is 4.57 Å². The van der Waals surface area contributed by atoms with Crippen LogP contribution < -0.4 is 0 Å². The zero-order chi connectivity index (χ0) is 14.3. The van der Waals surface area contributed by atoms with Gasteiger partial charge in [-0.05, 0) is 49.5 Å². The largest absolute Gasteiger partial charge is 0.329 e. The van der Waals surface area contributed by atoms with Crippen LogP contribution in [0.2, 0.25) is 5.02 Å². The predicted molar refractivity (Wildman–Crippen MR) is 80.7 cm³/mol. The number of aromatic nitrogens is 3. The quantitative estimate of drug-likeness (QED) is 0.693. The fourth-order valence-electron chi connectivity index (χ4n) is 2.09. The second kappa shape index (κ2) is 4.75. The van der Waals surface area contributed by atoms with Gasteiger partial charge in [-0.1, -0.05) is 11.6 Å². The molecule has 3 rings (SSSR count). The standard InChI is InChI=1S/C14H9ClN4S/c1-8-2-5-11-13(17-8)19(14(20)18-11)12-6-10(15)4-3-9(12)7-16/h2-6H,1H3,(H,18,20). The van der Waals surface area contributed by atoms with Crippen LogP contribution in [0.25, 0.3) is 16.9 Å². The van der Waals surface area contributed by atoms with E-state index in [4.69, 9.17) is 23.8 Å². The van der Waals surface area contributed by atoms with E-state index in [-0.39, 0.29) is 0 Å². The zero-order valence-corrected chi connectivity index (χ0v) is 12.1. The van der Waals surface area contributed by atoms with Crippen LogP contribution in [0, 0.1) is 23.0 Å². The second-order valence-corrected chi connectivity index (χ2v) is 5.19. The first-order valence-electron chi connectivity index (χ1n) is 5.88. The molecule has 2 aromatic heterocycles. The molecule has 0 amide bonds. The number of pyridine rings is 1. The van der Waals surface area contributed by atoms with Crippen molar-refractivity contribution < 1.29 is 0 Å². The highest BCUT2D eigenvalue weighted by Crippen LogP contribution is 2.24. The molecule has 0 atom stereocenters. The maximum absolute atomic E-state index is 9.25. The van der Waals surface area contributed by atoms with Crippen LogP contribution in [-0.2, 0) is 0 Å². The topological polar surface area (TPSA) is 57.4 Å². The normalized spacial score (nSPS) is 10.7. The van der Waals surface area contributed by atoms with Crippen LogP contribution in [-0.4, -0.2) is 14.5 Å². The summed E-state index contributed by atoms with van der Waals surface area (Å²) in [6.07, 6.45) is 0. The van der Waals surface area contributed by atoms with Crippen molar-refractivity contribution in [2.75, 3.05) is 0 Å². The van der Waals surface area contributed by atoms with Crippen LogP contribution in [0.5, 0.6) is 0 Å². The van der Waals surface area contributed by atoms with E-state index in [1.165, 1.54) is 0 Å². The Hall–Kier alpha value is -2.16. The number of fused-ring (bicyclic) bond motifs is 1. The average Bonchev–Trinajstić information content (AvgIpc) is 2.74. The number of nitrogens with zero attached hydrogens (tertiary/aromatic N) is 3. The Morgan fingerprint density at radius 2 is 2.15 bits per heavy atom. The van der Waals surface area contributed by atoms with E-state index < -0.39 is 0 Å². The van der Waals surface area contributed by atoms with Gasteiger partial charge in [0.05, 0.1) is 16.8 Å². The minimum absolute atomic E-state index is 0.483. The van der Waals surface area contributed by atoms with E-state index in [1.807, 2.05) is 19.1 Å². The first kappa shape index (κ1) is 12.9. The summed E-state index contributed by atoms with van der Waals surface area (Å²) >= 11 is 11.4. The van der Waals surface area contributed by atoms with Gasteiger partial charge >= 0.3 is 0 Å². The van der Waals surface area contributed by atoms with Crippen molar-refractivity contribution in [3.05, 3.63) is 51.4 Å². The van der Waals surface area contributed by atoms with Crippen molar-refractivity contribution in [3.63, 3.8) is 0 Å². The Morgan fingerprint density at radius 3 is 2.90 bits per heavy atom. The molecule has 0 bridgehead atoms. The highest BCUT2D eigenvalue weighted by atomic mass is 35.5. The van der Waals surface area contributed by atoms with Gasteiger partial charge in [0, 0.05) is 10.7 Å². The molecule has 4 nitrogen and oxygen atoms in total. The molecule has 0 saturated heterocycles. The summed E-state index contributed by atoms with van der Waals surface area (Å²) in [5, 5.41) is 9.80. The molecular weight excluding hydrogens is 292 g/mol. The van der Waals surface area contributed by atoms with Crippen molar-refractivity contribution in [1.82, 2.24) is 14.5 Å². The Labute approximate surface area is 125 Å². The lowest BCUT2D eigenvalue weighted by atomic mass is 10.2. The molecule has 0 unspecified atom stereocenters. The number of nitriles is 1. The van der Waals surface area contributed by atoms with Gasteiger partial charge in [-0.15, -0.1) is 0 Å². The highest BCUT2D eigenvalue weighted by Gasteiger charge is 2.12. The molecule has 1 N–H and O–H groups in total. The number of H-pyrrole nitrogens is 1. The number of hydrogen-bond acceptors (Lipinski definition) is 3.